The predicted molar refractivity (Wildman–Crippen MR) is 120 cm³/mol. The van der Waals surface area contributed by atoms with Crippen LogP contribution >= 0.6 is 0 Å². The van der Waals surface area contributed by atoms with Crippen LogP contribution in [0.4, 0.5) is 0 Å². The lowest BCUT2D eigenvalue weighted by molar-refractivity contribution is 0.545. The number of hydrogen-bond acceptors (Lipinski definition) is 0. The van der Waals surface area contributed by atoms with Crippen molar-refractivity contribution in [2.75, 3.05) is 0 Å². The Balaban J connectivity index is 3.31. The molecule has 0 nitrogen and oxygen atoms in total. The first-order chi connectivity index (χ1) is 12.9. The van der Waals surface area contributed by atoms with Crippen molar-refractivity contribution >= 4 is 0 Å². The summed E-state index contributed by atoms with van der Waals surface area (Å²) in [5.74, 6) is 0. The van der Waals surface area contributed by atoms with E-state index in [1.54, 1.807) is 6.08 Å². The molecule has 0 unspecified atom stereocenters. The second-order valence-electron chi connectivity index (χ2n) is 6.84. The highest BCUT2D eigenvalue weighted by Gasteiger charge is 1.92. The van der Waals surface area contributed by atoms with E-state index in [4.69, 9.17) is 6.58 Å². The zero-order valence-corrected chi connectivity index (χ0v) is 17.1. The Morgan fingerprint density at radius 2 is 0.846 bits per heavy atom. The van der Waals surface area contributed by atoms with Gasteiger partial charge in [-0.2, -0.15) is 0 Å². The third-order valence-electron chi connectivity index (χ3n) is 4.36. The van der Waals surface area contributed by atoms with Crippen molar-refractivity contribution in [2.45, 2.75) is 90.4 Å². The van der Waals surface area contributed by atoms with Gasteiger partial charge < -0.3 is 0 Å². The van der Waals surface area contributed by atoms with Crippen LogP contribution in [0.15, 0.2) is 66.8 Å². The molecule has 26 heavy (non-hydrogen) atoms. The highest BCUT2D eigenvalue weighted by molar-refractivity contribution is 5.18. The Morgan fingerprint density at radius 3 is 1.31 bits per heavy atom. The molecule has 0 heteroatoms. The minimum Gasteiger partial charge on any atom is -0.0845 e. The van der Waals surface area contributed by atoms with Gasteiger partial charge in [-0.3, -0.25) is 0 Å². The first-order valence-corrected chi connectivity index (χ1v) is 10.8. The van der Waals surface area contributed by atoms with Gasteiger partial charge in [-0.15, -0.1) is 0 Å². The summed E-state index contributed by atoms with van der Waals surface area (Å²) in [7, 11) is 0. The standard InChI is InChI=1S/C26H41/c1-3-5-7-9-11-13-15-17-19-21-23-25-26-24-22-20-18-16-14-12-10-8-6-4-2/h1,3,5,7,9,11,13,15,17,19,21,23H,4,6,8,10,12,14,16,18,20,22,24-26H2,2H3/b3-1?,7-5+,11-9+,15-13+,19-17+,23-21+. The van der Waals surface area contributed by atoms with Crippen LogP contribution in [0.1, 0.15) is 90.4 Å². The highest BCUT2D eigenvalue weighted by Crippen LogP contribution is 2.12. The summed E-state index contributed by atoms with van der Waals surface area (Å²) < 4.78 is 0. The van der Waals surface area contributed by atoms with Crippen LogP contribution in [0.2, 0.25) is 0 Å². The van der Waals surface area contributed by atoms with Gasteiger partial charge in [-0.05, 0) is 12.8 Å². The normalized spacial score (nSPS) is 12.7. The maximum Gasteiger partial charge on any atom is -0.0348 e. The Morgan fingerprint density at radius 1 is 0.462 bits per heavy atom. The fourth-order valence-corrected chi connectivity index (χ4v) is 2.79. The fourth-order valence-electron chi connectivity index (χ4n) is 2.79. The topological polar surface area (TPSA) is 0 Å². The number of allylic oxidation sites excluding steroid dienone is 11. The van der Waals surface area contributed by atoms with E-state index in [2.05, 4.69) is 31.2 Å². The van der Waals surface area contributed by atoms with E-state index < -0.39 is 0 Å². The molecule has 0 aliphatic carbocycles. The molecule has 145 valence electrons. The van der Waals surface area contributed by atoms with Crippen molar-refractivity contribution in [3.8, 4) is 0 Å². The second kappa shape index (κ2) is 23.4. The lowest BCUT2D eigenvalue weighted by Gasteiger charge is -2.02. The molecule has 0 atom stereocenters. The van der Waals surface area contributed by atoms with Gasteiger partial charge in [-0.25, -0.2) is 0 Å². The van der Waals surface area contributed by atoms with E-state index in [0.717, 1.165) is 0 Å². The van der Waals surface area contributed by atoms with Gasteiger partial charge in [0.15, 0.2) is 0 Å². The first-order valence-electron chi connectivity index (χ1n) is 10.8. The number of hydrogen-bond donors (Lipinski definition) is 0. The molecule has 0 amide bonds. The van der Waals surface area contributed by atoms with Crippen molar-refractivity contribution in [1.29, 1.82) is 0 Å². The van der Waals surface area contributed by atoms with Crippen LogP contribution in [0.5, 0.6) is 0 Å². The molecule has 0 saturated heterocycles. The van der Waals surface area contributed by atoms with Crippen molar-refractivity contribution in [1.82, 2.24) is 0 Å². The number of rotatable bonds is 18. The van der Waals surface area contributed by atoms with Gasteiger partial charge in [-0.1, -0.05) is 151 Å². The van der Waals surface area contributed by atoms with Gasteiger partial charge in [0.1, 0.15) is 0 Å². The summed E-state index contributed by atoms with van der Waals surface area (Å²) in [6.45, 7) is 7.52. The molecule has 0 N–H and O–H groups in total. The van der Waals surface area contributed by atoms with E-state index in [0.29, 0.717) is 0 Å². The molecular weight excluding hydrogens is 312 g/mol. The SMILES string of the molecule is [CH]=C/C=C/C=C/C=C/C=C/C=C/CCCCCCCCCCCCCC. The Kier molecular flexibility index (Phi) is 22.0. The quantitative estimate of drug-likeness (QED) is 0.170. The van der Waals surface area contributed by atoms with Crippen molar-refractivity contribution in [2.24, 2.45) is 0 Å². The third kappa shape index (κ3) is 22.4. The monoisotopic (exact) mass is 353 g/mol. The van der Waals surface area contributed by atoms with Gasteiger partial charge in [0.2, 0.25) is 0 Å². The molecule has 0 saturated carbocycles. The maximum absolute atomic E-state index is 5.23. The largest absolute Gasteiger partial charge is 0.0845 e. The summed E-state index contributed by atoms with van der Waals surface area (Å²) in [5, 5.41) is 0. The molecule has 0 aromatic heterocycles. The van der Waals surface area contributed by atoms with Gasteiger partial charge >= 0.3 is 0 Å². The molecule has 0 fully saturated rings. The van der Waals surface area contributed by atoms with E-state index >= 15 is 0 Å². The fraction of sp³-hybridized carbons (Fsp3) is 0.538. The molecule has 0 heterocycles. The first kappa shape index (κ1) is 24.4. The van der Waals surface area contributed by atoms with Gasteiger partial charge in [0.25, 0.3) is 0 Å². The average Bonchev–Trinajstić information content (AvgIpc) is 2.66. The average molecular weight is 354 g/mol. The lowest BCUT2D eigenvalue weighted by atomic mass is 10.0. The van der Waals surface area contributed by atoms with Crippen LogP contribution in [0.3, 0.4) is 0 Å². The van der Waals surface area contributed by atoms with Crippen LogP contribution < -0.4 is 0 Å². The van der Waals surface area contributed by atoms with E-state index in [1.165, 1.54) is 89.5 Å². The highest BCUT2D eigenvalue weighted by atomic mass is 14.0. The summed E-state index contributed by atoms with van der Waals surface area (Å²) >= 11 is 0. The Hall–Kier alpha value is -1.56. The molecule has 0 aliphatic rings. The smallest absolute Gasteiger partial charge is 0.0348 e. The van der Waals surface area contributed by atoms with Crippen molar-refractivity contribution < 1.29 is 0 Å². The molecule has 0 aliphatic heterocycles. The minimum absolute atomic E-state index is 1.20. The lowest BCUT2D eigenvalue weighted by Crippen LogP contribution is -1.82. The van der Waals surface area contributed by atoms with Crippen LogP contribution in [0.25, 0.3) is 0 Å². The molecule has 0 aromatic rings. The maximum atomic E-state index is 5.23. The minimum atomic E-state index is 1.20. The summed E-state index contributed by atoms with van der Waals surface area (Å²) in [4.78, 5) is 0. The Bertz CT molecular complexity index is 417. The van der Waals surface area contributed by atoms with Crippen LogP contribution in [0, 0.1) is 6.58 Å². The molecule has 0 spiro atoms. The molecule has 0 rings (SSSR count). The summed E-state index contributed by atoms with van der Waals surface area (Å²) in [6.07, 6.45) is 40.0. The zero-order chi connectivity index (χ0) is 19.0. The van der Waals surface area contributed by atoms with Crippen LogP contribution in [-0.2, 0) is 0 Å². The van der Waals surface area contributed by atoms with Crippen LogP contribution in [-0.4, -0.2) is 0 Å². The molecule has 0 aromatic carbocycles. The van der Waals surface area contributed by atoms with E-state index in [1.807, 2.05) is 30.4 Å². The van der Waals surface area contributed by atoms with Gasteiger partial charge in [0.05, 0.1) is 0 Å². The Labute approximate surface area is 164 Å². The van der Waals surface area contributed by atoms with E-state index in [9.17, 15) is 0 Å². The summed E-state index contributed by atoms with van der Waals surface area (Å²) in [5.41, 5.74) is 0. The number of unbranched alkanes of at least 4 members (excludes halogenated alkanes) is 12. The predicted octanol–water partition coefficient (Wildman–Crippen LogP) is 8.85. The van der Waals surface area contributed by atoms with Crippen molar-refractivity contribution in [3.63, 3.8) is 0 Å². The van der Waals surface area contributed by atoms with Crippen molar-refractivity contribution in [3.05, 3.63) is 73.4 Å². The second-order valence-corrected chi connectivity index (χ2v) is 6.84. The zero-order valence-electron chi connectivity index (χ0n) is 17.1. The molecule has 1 radical (unpaired) electrons. The third-order valence-corrected chi connectivity index (χ3v) is 4.36. The van der Waals surface area contributed by atoms with E-state index in [-0.39, 0.29) is 0 Å². The summed E-state index contributed by atoms with van der Waals surface area (Å²) in [6, 6.07) is 0. The molecular formula is C26H41. The molecule has 0 bridgehead atoms. The van der Waals surface area contributed by atoms with Gasteiger partial charge in [0, 0.05) is 0 Å².